The van der Waals surface area contributed by atoms with Gasteiger partial charge in [-0.2, -0.15) is 0 Å². The Morgan fingerprint density at radius 3 is 2.50 bits per heavy atom. The molecule has 0 aliphatic carbocycles. The van der Waals surface area contributed by atoms with Crippen LogP contribution in [-0.4, -0.2) is 18.2 Å². The number of ether oxygens (including phenoxy) is 2. The molecule has 0 amide bonds. The van der Waals surface area contributed by atoms with Crippen LogP contribution in [0.25, 0.3) is 0 Å². The van der Waals surface area contributed by atoms with Gasteiger partial charge >= 0.3 is 0 Å². The third-order valence-corrected chi connectivity index (χ3v) is 5.76. The Hall–Kier alpha value is -1.99. The molecule has 0 bridgehead atoms. The molecule has 0 spiro atoms. The van der Waals surface area contributed by atoms with E-state index in [9.17, 15) is 8.78 Å². The molecule has 144 valence electrons. The molecule has 3 nitrogen and oxygen atoms in total. The Balaban J connectivity index is 1.75. The Labute approximate surface area is 170 Å². The molecule has 3 aromatic rings. The normalized spacial score (nSPS) is 15.7. The second-order valence-electron chi connectivity index (χ2n) is 6.18. The molecule has 0 radical (unpaired) electrons. The first-order chi connectivity index (χ1) is 13.6. The average Bonchev–Trinajstić information content (AvgIpc) is 3.25. The van der Waals surface area contributed by atoms with E-state index in [-0.39, 0.29) is 5.56 Å². The minimum atomic E-state index is -0.557. The molecular formula is C21H16ClF2NO2S. The maximum absolute atomic E-state index is 14.6. The molecule has 1 aromatic heterocycles. The van der Waals surface area contributed by atoms with Crippen molar-refractivity contribution in [2.45, 2.75) is 16.4 Å². The first-order valence-electron chi connectivity index (χ1n) is 8.67. The number of halogens is 3. The van der Waals surface area contributed by atoms with Gasteiger partial charge in [0.25, 0.3) is 0 Å². The highest BCUT2D eigenvalue weighted by molar-refractivity contribution is 7.99. The quantitative estimate of drug-likeness (QED) is 0.479. The van der Waals surface area contributed by atoms with E-state index < -0.39 is 23.2 Å². The molecule has 0 N–H and O–H groups in total. The van der Waals surface area contributed by atoms with Gasteiger partial charge in [0, 0.05) is 15.5 Å². The monoisotopic (exact) mass is 419 g/mol. The standard InChI is InChI=1S/C21H16ClF2NO2S/c22-13-4-7-15(8-5-13)28-20(16-12-14(23)6-9-17(16)24)18-2-1-3-19(25-18)21-26-10-11-27-21/h1-9,12,20-21H,10-11H2. The summed E-state index contributed by atoms with van der Waals surface area (Å²) in [5.41, 5.74) is 1.41. The zero-order valence-corrected chi connectivity index (χ0v) is 16.2. The van der Waals surface area contributed by atoms with Gasteiger partial charge in [-0.15, -0.1) is 11.8 Å². The molecule has 28 heavy (non-hydrogen) atoms. The summed E-state index contributed by atoms with van der Waals surface area (Å²) in [6.45, 7) is 0.996. The van der Waals surface area contributed by atoms with Crippen molar-refractivity contribution in [2.75, 3.05) is 13.2 Å². The zero-order valence-electron chi connectivity index (χ0n) is 14.6. The maximum atomic E-state index is 14.6. The van der Waals surface area contributed by atoms with Gasteiger partial charge in [-0.3, -0.25) is 4.98 Å². The lowest BCUT2D eigenvalue weighted by atomic mass is 10.1. The van der Waals surface area contributed by atoms with Crippen molar-refractivity contribution in [2.24, 2.45) is 0 Å². The van der Waals surface area contributed by atoms with Crippen LogP contribution in [0.15, 0.2) is 65.6 Å². The zero-order chi connectivity index (χ0) is 19.5. The molecule has 7 heteroatoms. The van der Waals surface area contributed by atoms with E-state index in [1.807, 2.05) is 18.2 Å². The number of hydrogen-bond donors (Lipinski definition) is 0. The lowest BCUT2D eigenvalue weighted by Gasteiger charge is -2.19. The Morgan fingerprint density at radius 1 is 1.00 bits per heavy atom. The van der Waals surface area contributed by atoms with Crippen LogP contribution in [-0.2, 0) is 9.47 Å². The SMILES string of the molecule is Fc1ccc(F)c(C(Sc2ccc(Cl)cc2)c2cccc(C3OCCO3)n2)c1. The van der Waals surface area contributed by atoms with E-state index in [4.69, 9.17) is 21.1 Å². The summed E-state index contributed by atoms with van der Waals surface area (Å²) in [5, 5.41) is 0.0479. The summed E-state index contributed by atoms with van der Waals surface area (Å²) in [4.78, 5) is 5.49. The molecule has 0 saturated carbocycles. The topological polar surface area (TPSA) is 31.4 Å². The number of hydrogen-bond acceptors (Lipinski definition) is 4. The first-order valence-corrected chi connectivity index (χ1v) is 9.93. The van der Waals surface area contributed by atoms with E-state index in [2.05, 4.69) is 4.98 Å². The van der Waals surface area contributed by atoms with Crippen LogP contribution >= 0.6 is 23.4 Å². The number of thioether (sulfide) groups is 1. The summed E-state index contributed by atoms with van der Waals surface area (Å²) in [6.07, 6.45) is -0.543. The van der Waals surface area contributed by atoms with Crippen LogP contribution in [0.4, 0.5) is 8.78 Å². The van der Waals surface area contributed by atoms with Gasteiger partial charge in [-0.1, -0.05) is 17.7 Å². The molecule has 1 aliphatic rings. The van der Waals surface area contributed by atoms with Crippen molar-refractivity contribution in [1.82, 2.24) is 4.98 Å². The fourth-order valence-electron chi connectivity index (χ4n) is 2.92. The minimum Gasteiger partial charge on any atom is -0.345 e. The van der Waals surface area contributed by atoms with Crippen molar-refractivity contribution < 1.29 is 18.3 Å². The van der Waals surface area contributed by atoms with Gasteiger partial charge in [-0.25, -0.2) is 8.78 Å². The molecule has 1 atom stereocenters. The molecular weight excluding hydrogens is 404 g/mol. The largest absolute Gasteiger partial charge is 0.345 e. The van der Waals surface area contributed by atoms with Gasteiger partial charge < -0.3 is 9.47 Å². The Morgan fingerprint density at radius 2 is 1.75 bits per heavy atom. The Kier molecular flexibility index (Phi) is 5.92. The van der Waals surface area contributed by atoms with Crippen molar-refractivity contribution in [3.8, 4) is 0 Å². The van der Waals surface area contributed by atoms with Gasteiger partial charge in [-0.05, 0) is 54.6 Å². The number of pyridine rings is 1. The molecule has 2 aromatic carbocycles. The maximum Gasteiger partial charge on any atom is 0.201 e. The first kappa shape index (κ1) is 19.3. The average molecular weight is 420 g/mol. The fraction of sp³-hybridized carbons (Fsp3) is 0.190. The van der Waals surface area contributed by atoms with Crippen molar-refractivity contribution in [3.63, 3.8) is 0 Å². The van der Waals surface area contributed by atoms with E-state index >= 15 is 0 Å². The summed E-state index contributed by atoms with van der Waals surface area (Å²) in [7, 11) is 0. The molecule has 4 rings (SSSR count). The number of nitrogens with zero attached hydrogens (tertiary/aromatic N) is 1. The molecule has 1 saturated heterocycles. The van der Waals surface area contributed by atoms with Crippen LogP contribution in [0.3, 0.4) is 0 Å². The third-order valence-electron chi connectivity index (χ3n) is 4.23. The second kappa shape index (κ2) is 8.57. The number of aromatic nitrogens is 1. The summed E-state index contributed by atoms with van der Waals surface area (Å²) in [5.74, 6) is -0.995. The van der Waals surface area contributed by atoms with E-state index in [0.29, 0.717) is 29.6 Å². The molecule has 1 fully saturated rings. The van der Waals surface area contributed by atoms with Gasteiger partial charge in [0.2, 0.25) is 6.29 Å². The smallest absolute Gasteiger partial charge is 0.201 e. The molecule has 1 unspecified atom stereocenters. The van der Waals surface area contributed by atoms with Crippen molar-refractivity contribution >= 4 is 23.4 Å². The van der Waals surface area contributed by atoms with Crippen LogP contribution in [0.5, 0.6) is 0 Å². The lowest BCUT2D eigenvalue weighted by molar-refractivity contribution is -0.0473. The predicted molar refractivity (Wildman–Crippen MR) is 104 cm³/mol. The summed E-state index contributed by atoms with van der Waals surface area (Å²) < 4.78 is 39.5. The summed E-state index contributed by atoms with van der Waals surface area (Å²) >= 11 is 7.33. The number of benzene rings is 2. The third kappa shape index (κ3) is 4.36. The minimum absolute atomic E-state index is 0.220. The highest BCUT2D eigenvalue weighted by atomic mass is 35.5. The van der Waals surface area contributed by atoms with Crippen molar-refractivity contribution in [3.05, 3.63) is 94.3 Å². The Bertz CT molecular complexity index is 965. The van der Waals surface area contributed by atoms with Crippen LogP contribution in [0, 0.1) is 11.6 Å². The van der Waals surface area contributed by atoms with Crippen LogP contribution in [0.1, 0.15) is 28.5 Å². The highest BCUT2D eigenvalue weighted by Gasteiger charge is 2.25. The lowest BCUT2D eigenvalue weighted by Crippen LogP contribution is -2.08. The molecule has 1 aliphatic heterocycles. The molecule has 2 heterocycles. The number of rotatable bonds is 5. The van der Waals surface area contributed by atoms with Gasteiger partial charge in [0.1, 0.15) is 11.6 Å². The summed E-state index contributed by atoms with van der Waals surface area (Å²) in [6, 6.07) is 16.0. The van der Waals surface area contributed by atoms with E-state index in [1.54, 1.807) is 24.3 Å². The van der Waals surface area contributed by atoms with E-state index in [1.165, 1.54) is 17.8 Å². The predicted octanol–water partition coefficient (Wildman–Crippen LogP) is 5.94. The fourth-order valence-corrected chi connectivity index (χ4v) is 4.17. The van der Waals surface area contributed by atoms with Gasteiger partial charge in [0.15, 0.2) is 0 Å². The van der Waals surface area contributed by atoms with E-state index in [0.717, 1.165) is 17.0 Å². The van der Waals surface area contributed by atoms with Crippen molar-refractivity contribution in [1.29, 1.82) is 0 Å². The second-order valence-corrected chi connectivity index (χ2v) is 7.79. The highest BCUT2D eigenvalue weighted by Crippen LogP contribution is 2.41. The van der Waals surface area contributed by atoms with Crippen LogP contribution < -0.4 is 0 Å². The van der Waals surface area contributed by atoms with Crippen LogP contribution in [0.2, 0.25) is 5.02 Å². The van der Waals surface area contributed by atoms with Gasteiger partial charge in [0.05, 0.1) is 29.9 Å².